The summed E-state index contributed by atoms with van der Waals surface area (Å²) in [6.07, 6.45) is 2.16. The van der Waals surface area contributed by atoms with E-state index in [1.807, 2.05) is 28.6 Å². The van der Waals surface area contributed by atoms with Crippen molar-refractivity contribution in [1.82, 2.24) is 14.7 Å². The Morgan fingerprint density at radius 1 is 1.00 bits per heavy atom. The molecule has 2 aromatic rings. The summed E-state index contributed by atoms with van der Waals surface area (Å²) in [5.74, 6) is -0.495. The van der Waals surface area contributed by atoms with Crippen LogP contribution in [0.1, 0.15) is 12.0 Å². The maximum atomic E-state index is 12.9. The lowest BCUT2D eigenvalue weighted by Gasteiger charge is -2.26. The minimum Gasteiger partial charge on any atom is -0.379 e. The van der Waals surface area contributed by atoms with E-state index in [0.717, 1.165) is 48.9 Å². The fourth-order valence-corrected chi connectivity index (χ4v) is 4.95. The van der Waals surface area contributed by atoms with Crippen molar-refractivity contribution >= 4 is 16.9 Å². The molecule has 0 radical (unpaired) electrons. The van der Waals surface area contributed by atoms with Crippen molar-refractivity contribution in [2.45, 2.75) is 17.9 Å². The Hall–Kier alpha value is -2.36. The third-order valence-electron chi connectivity index (χ3n) is 5.65. The van der Waals surface area contributed by atoms with E-state index >= 15 is 0 Å². The number of nitrogens with one attached hydrogen (secondary N) is 1. The molecule has 0 aliphatic carbocycles. The van der Waals surface area contributed by atoms with Crippen LogP contribution in [-0.2, 0) is 27.1 Å². The Bertz CT molecular complexity index is 954. The molecular weight excluding hydrogens is 414 g/mol. The molecule has 1 atom stereocenters. The zero-order valence-electron chi connectivity index (χ0n) is 17.3. The first-order valence-corrected chi connectivity index (χ1v) is 11.5. The summed E-state index contributed by atoms with van der Waals surface area (Å²) in [5, 5.41) is 8.73. The number of hydrogen-bond acceptors (Lipinski definition) is 5. The van der Waals surface area contributed by atoms with Gasteiger partial charge in [0.25, 0.3) is 5.91 Å². The molecule has 1 amide bonds. The highest BCUT2D eigenvalue weighted by Crippen LogP contribution is 2.24. The predicted molar refractivity (Wildman–Crippen MR) is 119 cm³/mol. The summed E-state index contributed by atoms with van der Waals surface area (Å²) < 4.78 is 20.1. The standard InChI is InChI=1S/C23H27N3O4S/c27-23(24-28)21-9-11-26(12-10-21)31(29)22-7-5-20(6-8-22)19-3-1-18(2-4-19)17-25-13-15-30-16-14-25/h1-9,28H,10-17H2,(H,24,27). The molecule has 1 fully saturated rings. The first-order valence-electron chi connectivity index (χ1n) is 10.4. The Kier molecular flexibility index (Phi) is 7.26. The Morgan fingerprint density at radius 2 is 1.65 bits per heavy atom. The third-order valence-corrected chi connectivity index (χ3v) is 7.13. The van der Waals surface area contributed by atoms with Crippen LogP contribution in [0.15, 0.2) is 65.1 Å². The van der Waals surface area contributed by atoms with Gasteiger partial charge < -0.3 is 4.74 Å². The number of carbonyl (C=O) groups excluding carboxylic acids is 1. The summed E-state index contributed by atoms with van der Waals surface area (Å²) in [7, 11) is -1.29. The number of hydroxylamine groups is 1. The van der Waals surface area contributed by atoms with Crippen molar-refractivity contribution in [3.63, 3.8) is 0 Å². The van der Waals surface area contributed by atoms with Crippen LogP contribution in [0.4, 0.5) is 0 Å². The molecule has 164 valence electrons. The van der Waals surface area contributed by atoms with Crippen LogP contribution in [0.3, 0.4) is 0 Å². The Labute approximate surface area is 184 Å². The van der Waals surface area contributed by atoms with Gasteiger partial charge in [-0.1, -0.05) is 42.5 Å². The average molecular weight is 442 g/mol. The molecule has 7 nitrogen and oxygen atoms in total. The number of benzene rings is 2. The summed E-state index contributed by atoms with van der Waals surface area (Å²) >= 11 is 0. The first kappa shape index (κ1) is 21.9. The molecule has 0 bridgehead atoms. The highest BCUT2D eigenvalue weighted by atomic mass is 32.2. The lowest BCUT2D eigenvalue weighted by molar-refractivity contribution is -0.125. The molecule has 0 saturated carbocycles. The van der Waals surface area contributed by atoms with Gasteiger partial charge in [0.15, 0.2) is 0 Å². The van der Waals surface area contributed by atoms with Crippen molar-refractivity contribution in [3.8, 4) is 11.1 Å². The predicted octanol–water partition coefficient (Wildman–Crippen LogP) is 2.35. The normalized spacial score (nSPS) is 18.9. The summed E-state index contributed by atoms with van der Waals surface area (Å²) in [6, 6.07) is 16.4. The molecular formula is C23H27N3O4S. The van der Waals surface area contributed by atoms with E-state index in [1.54, 1.807) is 11.6 Å². The van der Waals surface area contributed by atoms with Crippen molar-refractivity contribution in [2.24, 2.45) is 0 Å². The van der Waals surface area contributed by atoms with Gasteiger partial charge in [0.2, 0.25) is 0 Å². The smallest absolute Gasteiger partial charge is 0.270 e. The third kappa shape index (κ3) is 5.47. The number of amides is 1. The molecule has 4 rings (SSSR count). The van der Waals surface area contributed by atoms with Gasteiger partial charge in [0, 0.05) is 38.3 Å². The van der Waals surface area contributed by atoms with Crippen LogP contribution in [0, 0.1) is 0 Å². The van der Waals surface area contributed by atoms with Gasteiger partial charge in [0.05, 0.1) is 18.1 Å². The zero-order valence-corrected chi connectivity index (χ0v) is 18.1. The zero-order chi connectivity index (χ0) is 21.6. The molecule has 0 aromatic heterocycles. The number of carbonyl (C=O) groups is 1. The maximum absolute atomic E-state index is 12.9. The van der Waals surface area contributed by atoms with Crippen molar-refractivity contribution in [1.29, 1.82) is 0 Å². The quantitative estimate of drug-likeness (QED) is 0.531. The number of nitrogens with zero attached hydrogens (tertiary/aromatic N) is 2. The second-order valence-corrected chi connectivity index (χ2v) is 9.15. The molecule has 8 heteroatoms. The molecule has 1 unspecified atom stereocenters. The number of ether oxygens (including phenoxy) is 1. The second-order valence-electron chi connectivity index (χ2n) is 7.67. The van der Waals surface area contributed by atoms with E-state index in [4.69, 9.17) is 9.94 Å². The summed E-state index contributed by atoms with van der Waals surface area (Å²) in [6.45, 7) is 5.40. The van der Waals surface area contributed by atoms with E-state index in [-0.39, 0.29) is 0 Å². The highest BCUT2D eigenvalue weighted by molar-refractivity contribution is 7.82. The lowest BCUT2D eigenvalue weighted by atomic mass is 10.0. The van der Waals surface area contributed by atoms with Crippen LogP contribution in [0.25, 0.3) is 11.1 Å². The van der Waals surface area contributed by atoms with Gasteiger partial charge in [-0.2, -0.15) is 0 Å². The van der Waals surface area contributed by atoms with E-state index in [0.29, 0.717) is 25.1 Å². The Balaban J connectivity index is 1.37. The number of morpholine rings is 1. The molecule has 2 N–H and O–H groups in total. The van der Waals surface area contributed by atoms with Crippen molar-refractivity contribution in [2.75, 3.05) is 39.4 Å². The number of hydrogen-bond donors (Lipinski definition) is 2. The molecule has 2 aromatic carbocycles. The Morgan fingerprint density at radius 3 is 2.23 bits per heavy atom. The minimum atomic E-state index is -1.29. The average Bonchev–Trinajstić information content (AvgIpc) is 2.84. The summed E-state index contributed by atoms with van der Waals surface area (Å²) in [4.78, 5) is 14.6. The largest absolute Gasteiger partial charge is 0.379 e. The molecule has 2 aliphatic rings. The van der Waals surface area contributed by atoms with E-state index < -0.39 is 16.9 Å². The van der Waals surface area contributed by atoms with Gasteiger partial charge in [-0.3, -0.25) is 14.9 Å². The molecule has 0 spiro atoms. The fraction of sp³-hybridized carbons (Fsp3) is 0.348. The lowest BCUT2D eigenvalue weighted by Crippen LogP contribution is -2.35. The van der Waals surface area contributed by atoms with Crippen molar-refractivity contribution in [3.05, 3.63) is 65.7 Å². The SMILES string of the molecule is O=C(NO)C1=CCN(S(=O)c2ccc(-c3ccc(CN4CCOCC4)cc3)cc2)CC1. The highest BCUT2D eigenvalue weighted by Gasteiger charge is 2.21. The first-order chi connectivity index (χ1) is 15.1. The van der Waals surface area contributed by atoms with E-state index in [2.05, 4.69) is 29.2 Å². The van der Waals surface area contributed by atoms with Crippen molar-refractivity contribution < 1.29 is 18.9 Å². The molecule has 31 heavy (non-hydrogen) atoms. The topological polar surface area (TPSA) is 82.1 Å². The van der Waals surface area contributed by atoms with Crippen LogP contribution in [0.2, 0.25) is 0 Å². The monoisotopic (exact) mass is 441 g/mol. The fourth-order valence-electron chi connectivity index (χ4n) is 3.81. The van der Waals surface area contributed by atoms with Gasteiger partial charge in [-0.15, -0.1) is 0 Å². The van der Waals surface area contributed by atoms with E-state index in [1.165, 1.54) is 5.56 Å². The van der Waals surface area contributed by atoms with Gasteiger partial charge in [0.1, 0.15) is 11.0 Å². The van der Waals surface area contributed by atoms with Gasteiger partial charge in [-0.25, -0.2) is 14.0 Å². The van der Waals surface area contributed by atoms with E-state index in [9.17, 15) is 9.00 Å². The molecule has 1 saturated heterocycles. The molecule has 2 aliphatic heterocycles. The molecule has 2 heterocycles. The van der Waals surface area contributed by atoms with Gasteiger partial charge >= 0.3 is 0 Å². The van der Waals surface area contributed by atoms with Crippen LogP contribution >= 0.6 is 0 Å². The number of rotatable bonds is 6. The van der Waals surface area contributed by atoms with Crippen LogP contribution in [-0.4, -0.2) is 63.9 Å². The minimum absolute atomic E-state index is 0.404. The van der Waals surface area contributed by atoms with Gasteiger partial charge in [-0.05, 0) is 35.2 Å². The second kappa shape index (κ2) is 10.3. The van der Waals surface area contributed by atoms with Crippen LogP contribution < -0.4 is 5.48 Å². The maximum Gasteiger partial charge on any atom is 0.270 e. The van der Waals surface area contributed by atoms with Crippen LogP contribution in [0.5, 0.6) is 0 Å². The summed E-state index contributed by atoms with van der Waals surface area (Å²) in [5.41, 5.74) is 5.66.